The molecule has 1 atom stereocenters. The van der Waals surface area contributed by atoms with Crippen molar-refractivity contribution in [2.45, 2.75) is 6.04 Å². The summed E-state index contributed by atoms with van der Waals surface area (Å²) in [6.07, 6.45) is 0. The van der Waals surface area contributed by atoms with Crippen LogP contribution >= 0.6 is 15.9 Å². The summed E-state index contributed by atoms with van der Waals surface area (Å²) in [5.74, 6) is -1.14. The van der Waals surface area contributed by atoms with Crippen molar-refractivity contribution in [2.75, 3.05) is 0 Å². The van der Waals surface area contributed by atoms with E-state index in [2.05, 4.69) is 15.9 Å². The lowest BCUT2D eigenvalue weighted by Crippen LogP contribution is -2.20. The van der Waals surface area contributed by atoms with E-state index in [1.54, 1.807) is 12.1 Å². The van der Waals surface area contributed by atoms with Gasteiger partial charge in [-0.1, -0.05) is 6.07 Å². The van der Waals surface area contributed by atoms with Crippen LogP contribution in [0, 0.1) is 0 Å². The van der Waals surface area contributed by atoms with Crippen LogP contribution in [0.2, 0.25) is 0 Å². The third-order valence-corrected chi connectivity index (χ3v) is 2.27. The van der Waals surface area contributed by atoms with Crippen molar-refractivity contribution in [1.82, 2.24) is 0 Å². The Balaban J connectivity index is 3.03. The van der Waals surface area contributed by atoms with Crippen LogP contribution in [-0.4, -0.2) is 16.2 Å². The Hall–Kier alpha value is -1.07. The highest BCUT2D eigenvalue weighted by Crippen LogP contribution is 2.26. The first kappa shape index (κ1) is 10.0. The number of halogens is 1. The molecule has 1 unspecified atom stereocenters. The van der Waals surface area contributed by atoms with Crippen LogP contribution in [0.25, 0.3) is 0 Å². The summed E-state index contributed by atoms with van der Waals surface area (Å²) in [4.78, 5) is 10.5. The van der Waals surface area contributed by atoms with E-state index in [1.807, 2.05) is 0 Å². The molecule has 4 N–H and O–H groups in total. The number of aliphatic carboxylic acids is 1. The Bertz CT molecular complexity index is 340. The van der Waals surface area contributed by atoms with Crippen LogP contribution in [0.1, 0.15) is 11.6 Å². The molecule has 13 heavy (non-hydrogen) atoms. The third-order valence-electron chi connectivity index (χ3n) is 1.60. The van der Waals surface area contributed by atoms with Gasteiger partial charge in [0.05, 0.1) is 4.47 Å². The molecule has 0 saturated heterocycles. The minimum Gasteiger partial charge on any atom is -0.507 e. The maximum atomic E-state index is 10.5. The van der Waals surface area contributed by atoms with Gasteiger partial charge in [-0.05, 0) is 33.6 Å². The smallest absolute Gasteiger partial charge is 0.325 e. The van der Waals surface area contributed by atoms with E-state index in [-0.39, 0.29) is 5.75 Å². The molecule has 70 valence electrons. The fraction of sp³-hybridized carbons (Fsp3) is 0.125. The molecule has 0 fully saturated rings. The number of phenolic OH excluding ortho intramolecular Hbond substituents is 1. The zero-order valence-electron chi connectivity index (χ0n) is 6.57. The number of hydrogen-bond donors (Lipinski definition) is 3. The number of rotatable bonds is 2. The summed E-state index contributed by atoms with van der Waals surface area (Å²) < 4.78 is 0.508. The van der Waals surface area contributed by atoms with Crippen LogP contribution in [0.15, 0.2) is 22.7 Å². The van der Waals surface area contributed by atoms with Gasteiger partial charge in [-0.25, -0.2) is 0 Å². The molecule has 5 heteroatoms. The number of benzene rings is 1. The van der Waals surface area contributed by atoms with E-state index < -0.39 is 12.0 Å². The van der Waals surface area contributed by atoms with Crippen molar-refractivity contribution in [3.63, 3.8) is 0 Å². The molecule has 0 aliphatic rings. The van der Waals surface area contributed by atoms with Crippen LogP contribution in [0.4, 0.5) is 0 Å². The van der Waals surface area contributed by atoms with E-state index in [0.717, 1.165) is 0 Å². The first-order valence-corrected chi connectivity index (χ1v) is 4.28. The predicted molar refractivity (Wildman–Crippen MR) is 50.4 cm³/mol. The first-order chi connectivity index (χ1) is 6.02. The molecule has 0 spiro atoms. The molecular weight excluding hydrogens is 238 g/mol. The molecule has 1 aromatic carbocycles. The van der Waals surface area contributed by atoms with E-state index >= 15 is 0 Å². The summed E-state index contributed by atoms with van der Waals surface area (Å²) in [6, 6.07) is 3.32. The number of aromatic hydroxyl groups is 1. The van der Waals surface area contributed by atoms with Crippen molar-refractivity contribution in [3.05, 3.63) is 28.2 Å². The van der Waals surface area contributed by atoms with Gasteiger partial charge in [-0.2, -0.15) is 0 Å². The SMILES string of the molecule is NC(C(=O)O)c1ccc(Br)c(O)c1. The highest BCUT2D eigenvalue weighted by Gasteiger charge is 2.14. The highest BCUT2D eigenvalue weighted by atomic mass is 79.9. The normalized spacial score (nSPS) is 12.5. The first-order valence-electron chi connectivity index (χ1n) is 3.49. The van der Waals surface area contributed by atoms with Crippen LogP contribution in [-0.2, 0) is 4.79 Å². The average molecular weight is 246 g/mol. The second kappa shape index (κ2) is 3.76. The largest absolute Gasteiger partial charge is 0.507 e. The lowest BCUT2D eigenvalue weighted by molar-refractivity contribution is -0.138. The molecule has 1 rings (SSSR count). The maximum absolute atomic E-state index is 10.5. The molecule has 4 nitrogen and oxygen atoms in total. The van der Waals surface area contributed by atoms with Gasteiger partial charge in [-0.3, -0.25) is 4.79 Å². The van der Waals surface area contributed by atoms with E-state index in [0.29, 0.717) is 10.0 Å². The predicted octanol–water partition coefficient (Wildman–Crippen LogP) is 1.24. The summed E-state index contributed by atoms with van der Waals surface area (Å²) in [7, 11) is 0. The van der Waals surface area contributed by atoms with Gasteiger partial charge in [0.2, 0.25) is 0 Å². The highest BCUT2D eigenvalue weighted by molar-refractivity contribution is 9.10. The van der Waals surface area contributed by atoms with Gasteiger partial charge in [0, 0.05) is 0 Å². The van der Waals surface area contributed by atoms with Crippen LogP contribution < -0.4 is 5.73 Å². The van der Waals surface area contributed by atoms with Crippen LogP contribution in [0.3, 0.4) is 0 Å². The summed E-state index contributed by atoms with van der Waals surface area (Å²) in [5, 5.41) is 17.8. The molecule has 0 radical (unpaired) electrons. The Kier molecular flexibility index (Phi) is 2.90. The van der Waals surface area contributed by atoms with Crippen LogP contribution in [0.5, 0.6) is 5.75 Å². The number of phenols is 1. The van der Waals surface area contributed by atoms with Crippen molar-refractivity contribution >= 4 is 21.9 Å². The van der Waals surface area contributed by atoms with Gasteiger partial charge in [0.1, 0.15) is 11.8 Å². The zero-order valence-corrected chi connectivity index (χ0v) is 8.15. The second-order valence-electron chi connectivity index (χ2n) is 2.53. The fourth-order valence-electron chi connectivity index (χ4n) is 0.866. The van der Waals surface area contributed by atoms with E-state index in [9.17, 15) is 9.90 Å². The fourth-order valence-corrected chi connectivity index (χ4v) is 1.11. The van der Waals surface area contributed by atoms with Gasteiger partial charge in [0.25, 0.3) is 0 Å². The standard InChI is InChI=1S/C8H8BrNO3/c9-5-2-1-4(3-6(5)11)7(10)8(12)13/h1-3,7,11H,10H2,(H,12,13). The van der Waals surface area contributed by atoms with Gasteiger partial charge in [0.15, 0.2) is 0 Å². The van der Waals surface area contributed by atoms with Gasteiger partial charge < -0.3 is 15.9 Å². The summed E-state index contributed by atoms with van der Waals surface area (Å²) in [6.45, 7) is 0. The number of carbonyl (C=O) groups is 1. The van der Waals surface area contributed by atoms with E-state index in [4.69, 9.17) is 10.8 Å². The molecule has 0 bridgehead atoms. The van der Waals surface area contributed by atoms with E-state index in [1.165, 1.54) is 6.07 Å². The topological polar surface area (TPSA) is 83.6 Å². The number of carboxylic acid groups (broad SMARTS) is 1. The maximum Gasteiger partial charge on any atom is 0.325 e. The minimum atomic E-state index is -1.12. The lowest BCUT2D eigenvalue weighted by Gasteiger charge is -2.07. The van der Waals surface area contributed by atoms with Crippen molar-refractivity contribution in [1.29, 1.82) is 0 Å². The Labute approximate surface area is 83.1 Å². The zero-order chi connectivity index (χ0) is 10.0. The molecule has 0 aromatic heterocycles. The molecule has 0 heterocycles. The number of hydrogen-bond acceptors (Lipinski definition) is 3. The van der Waals surface area contributed by atoms with Crippen molar-refractivity contribution in [3.8, 4) is 5.75 Å². The molecule has 1 aromatic rings. The Morgan fingerprint density at radius 2 is 2.15 bits per heavy atom. The van der Waals surface area contributed by atoms with Crippen molar-refractivity contribution < 1.29 is 15.0 Å². The lowest BCUT2D eigenvalue weighted by atomic mass is 10.1. The van der Waals surface area contributed by atoms with Crippen molar-refractivity contribution in [2.24, 2.45) is 5.73 Å². The minimum absolute atomic E-state index is 0.0193. The monoisotopic (exact) mass is 245 g/mol. The molecule has 0 saturated carbocycles. The third kappa shape index (κ3) is 2.19. The summed E-state index contributed by atoms with van der Waals surface area (Å²) in [5.41, 5.74) is 5.70. The molecular formula is C8H8BrNO3. The quantitative estimate of drug-likeness (QED) is 0.732. The average Bonchev–Trinajstić information content (AvgIpc) is 2.08. The number of nitrogens with two attached hydrogens (primary N) is 1. The second-order valence-corrected chi connectivity index (χ2v) is 3.38. The summed E-state index contributed by atoms with van der Waals surface area (Å²) >= 11 is 3.08. The molecule has 0 amide bonds. The Morgan fingerprint density at radius 3 is 2.62 bits per heavy atom. The number of carboxylic acids is 1. The molecule has 0 aliphatic heterocycles. The van der Waals surface area contributed by atoms with Gasteiger partial charge >= 0.3 is 5.97 Å². The molecule has 0 aliphatic carbocycles. The Morgan fingerprint density at radius 1 is 1.54 bits per heavy atom. The van der Waals surface area contributed by atoms with Gasteiger partial charge in [-0.15, -0.1) is 0 Å².